The van der Waals surface area contributed by atoms with Gasteiger partial charge in [-0.25, -0.2) is 0 Å². The highest BCUT2D eigenvalue weighted by molar-refractivity contribution is 7.98. The van der Waals surface area contributed by atoms with Crippen molar-refractivity contribution in [3.63, 3.8) is 0 Å². The van der Waals surface area contributed by atoms with Crippen molar-refractivity contribution in [3.05, 3.63) is 0 Å². The van der Waals surface area contributed by atoms with E-state index in [0.29, 0.717) is 0 Å². The molecule has 2 nitrogen and oxygen atoms in total. The molecule has 1 saturated carbocycles. The van der Waals surface area contributed by atoms with Gasteiger partial charge >= 0.3 is 0 Å². The first-order chi connectivity index (χ1) is 6.83. The average molecular weight is 216 g/mol. The molecule has 0 aromatic rings. The summed E-state index contributed by atoms with van der Waals surface area (Å²) < 4.78 is 0. The van der Waals surface area contributed by atoms with E-state index in [0.717, 1.165) is 6.04 Å². The topological polar surface area (TPSA) is 15.3 Å². The van der Waals surface area contributed by atoms with Crippen LogP contribution >= 0.6 is 11.8 Å². The molecule has 1 aliphatic carbocycles. The number of rotatable bonds is 9. The van der Waals surface area contributed by atoms with Gasteiger partial charge in [-0.15, -0.1) is 0 Å². The van der Waals surface area contributed by atoms with Crippen molar-refractivity contribution in [2.45, 2.75) is 31.7 Å². The van der Waals surface area contributed by atoms with Gasteiger partial charge in [-0.05, 0) is 52.1 Å². The largest absolute Gasteiger partial charge is 0.314 e. The van der Waals surface area contributed by atoms with E-state index in [1.807, 2.05) is 11.8 Å². The molecule has 0 saturated heterocycles. The fourth-order valence-electron chi connectivity index (χ4n) is 1.46. The number of hydrogen-bond donors (Lipinski definition) is 1. The molecule has 0 radical (unpaired) electrons. The molecule has 0 aromatic carbocycles. The van der Waals surface area contributed by atoms with E-state index in [1.165, 1.54) is 51.1 Å². The first-order valence-electron chi connectivity index (χ1n) is 5.74. The number of nitrogens with one attached hydrogen (secondary N) is 1. The van der Waals surface area contributed by atoms with Crippen LogP contribution in [0.4, 0.5) is 0 Å². The predicted octanol–water partition coefficient (Wildman–Crippen LogP) is 1.81. The third kappa shape index (κ3) is 6.68. The molecular weight excluding hydrogens is 192 g/mol. The fourth-order valence-corrected chi connectivity index (χ4v) is 1.95. The first-order valence-corrected chi connectivity index (χ1v) is 7.13. The Balaban J connectivity index is 1.77. The second kappa shape index (κ2) is 7.55. The molecule has 0 aliphatic heterocycles. The summed E-state index contributed by atoms with van der Waals surface area (Å²) in [6, 6.07) is 0.879. The van der Waals surface area contributed by atoms with Crippen molar-refractivity contribution in [1.82, 2.24) is 10.2 Å². The number of nitrogens with zero attached hydrogens (tertiary/aromatic N) is 1. The van der Waals surface area contributed by atoms with Crippen LogP contribution in [0.1, 0.15) is 25.7 Å². The van der Waals surface area contributed by atoms with Crippen LogP contribution in [0.25, 0.3) is 0 Å². The monoisotopic (exact) mass is 216 g/mol. The van der Waals surface area contributed by atoms with Crippen molar-refractivity contribution in [1.29, 1.82) is 0 Å². The van der Waals surface area contributed by atoms with Gasteiger partial charge in [0.05, 0.1) is 0 Å². The number of thioether (sulfide) groups is 1. The Bertz CT molecular complexity index is 137. The molecule has 1 rings (SSSR count). The normalized spacial score (nSPS) is 16.5. The van der Waals surface area contributed by atoms with E-state index in [2.05, 4.69) is 23.5 Å². The number of unbranched alkanes of at least 4 members (excludes halogenated alkanes) is 1. The predicted molar refractivity (Wildman–Crippen MR) is 66.1 cm³/mol. The van der Waals surface area contributed by atoms with Gasteiger partial charge in [0.25, 0.3) is 0 Å². The highest BCUT2D eigenvalue weighted by Gasteiger charge is 2.19. The Labute approximate surface area is 92.8 Å². The third-order valence-electron chi connectivity index (χ3n) is 2.65. The summed E-state index contributed by atoms with van der Waals surface area (Å²) in [5, 5.41) is 3.55. The quantitative estimate of drug-likeness (QED) is 0.592. The molecule has 0 atom stereocenters. The number of hydrogen-bond acceptors (Lipinski definition) is 3. The standard InChI is InChI=1S/C11H24N2S/c1-13(9-10-14-2)8-4-3-7-12-11-5-6-11/h11-12H,3-10H2,1-2H3. The van der Waals surface area contributed by atoms with Gasteiger partial charge in [-0.3, -0.25) is 0 Å². The fraction of sp³-hybridized carbons (Fsp3) is 1.00. The Hall–Kier alpha value is 0.270. The van der Waals surface area contributed by atoms with E-state index in [-0.39, 0.29) is 0 Å². The van der Waals surface area contributed by atoms with Crippen molar-refractivity contribution in [2.24, 2.45) is 0 Å². The maximum Gasteiger partial charge on any atom is 0.00692 e. The summed E-state index contributed by atoms with van der Waals surface area (Å²) >= 11 is 1.93. The van der Waals surface area contributed by atoms with Crippen LogP contribution < -0.4 is 5.32 Å². The van der Waals surface area contributed by atoms with E-state index in [9.17, 15) is 0 Å². The highest BCUT2D eigenvalue weighted by atomic mass is 32.2. The second-order valence-electron chi connectivity index (χ2n) is 4.23. The minimum absolute atomic E-state index is 0.879. The van der Waals surface area contributed by atoms with Crippen molar-refractivity contribution >= 4 is 11.8 Å². The molecule has 1 N–H and O–H groups in total. The zero-order valence-corrected chi connectivity index (χ0v) is 10.4. The molecular formula is C11H24N2S. The summed E-state index contributed by atoms with van der Waals surface area (Å²) in [7, 11) is 2.23. The average Bonchev–Trinajstić information content (AvgIpc) is 2.98. The molecule has 1 fully saturated rings. The van der Waals surface area contributed by atoms with Gasteiger partial charge < -0.3 is 10.2 Å². The molecule has 0 heterocycles. The smallest absolute Gasteiger partial charge is 0.00692 e. The van der Waals surface area contributed by atoms with E-state index in [4.69, 9.17) is 0 Å². The molecule has 3 heteroatoms. The summed E-state index contributed by atoms with van der Waals surface area (Å²) in [5.74, 6) is 1.26. The lowest BCUT2D eigenvalue weighted by molar-refractivity contribution is 0.344. The lowest BCUT2D eigenvalue weighted by Gasteiger charge is -2.15. The second-order valence-corrected chi connectivity index (χ2v) is 5.22. The highest BCUT2D eigenvalue weighted by Crippen LogP contribution is 2.18. The van der Waals surface area contributed by atoms with Crippen molar-refractivity contribution in [3.8, 4) is 0 Å². The molecule has 0 bridgehead atoms. The van der Waals surface area contributed by atoms with Gasteiger partial charge in [-0.1, -0.05) is 0 Å². The van der Waals surface area contributed by atoms with Crippen LogP contribution in [0.5, 0.6) is 0 Å². The summed E-state index contributed by atoms with van der Waals surface area (Å²) in [4.78, 5) is 2.44. The Morgan fingerprint density at radius 1 is 1.29 bits per heavy atom. The third-order valence-corrected chi connectivity index (χ3v) is 3.24. The molecule has 1 aliphatic rings. The maximum atomic E-state index is 3.55. The minimum Gasteiger partial charge on any atom is -0.314 e. The lowest BCUT2D eigenvalue weighted by Crippen LogP contribution is -2.24. The summed E-state index contributed by atoms with van der Waals surface area (Å²) in [5.41, 5.74) is 0. The van der Waals surface area contributed by atoms with Gasteiger partial charge in [0.15, 0.2) is 0 Å². The minimum atomic E-state index is 0.879. The van der Waals surface area contributed by atoms with E-state index in [1.54, 1.807) is 0 Å². The van der Waals surface area contributed by atoms with Crippen molar-refractivity contribution in [2.75, 3.05) is 38.7 Å². The molecule has 0 amide bonds. The van der Waals surface area contributed by atoms with E-state index < -0.39 is 0 Å². The van der Waals surface area contributed by atoms with Crippen LogP contribution in [-0.2, 0) is 0 Å². The van der Waals surface area contributed by atoms with Crippen LogP contribution in [0.15, 0.2) is 0 Å². The lowest BCUT2D eigenvalue weighted by atomic mass is 10.3. The van der Waals surface area contributed by atoms with E-state index >= 15 is 0 Å². The summed E-state index contributed by atoms with van der Waals surface area (Å²) in [6.45, 7) is 3.71. The molecule has 84 valence electrons. The van der Waals surface area contributed by atoms with Gasteiger partial charge in [0, 0.05) is 18.3 Å². The molecule has 0 aromatic heterocycles. The first kappa shape index (κ1) is 12.3. The van der Waals surface area contributed by atoms with Crippen molar-refractivity contribution < 1.29 is 0 Å². The Morgan fingerprint density at radius 3 is 2.71 bits per heavy atom. The maximum absolute atomic E-state index is 3.55. The zero-order chi connectivity index (χ0) is 10.2. The Morgan fingerprint density at radius 2 is 2.07 bits per heavy atom. The van der Waals surface area contributed by atoms with Crippen LogP contribution in [0.3, 0.4) is 0 Å². The van der Waals surface area contributed by atoms with Crippen LogP contribution in [0, 0.1) is 0 Å². The molecule has 14 heavy (non-hydrogen) atoms. The van der Waals surface area contributed by atoms with Gasteiger partial charge in [0.2, 0.25) is 0 Å². The van der Waals surface area contributed by atoms with Gasteiger partial charge in [0.1, 0.15) is 0 Å². The van der Waals surface area contributed by atoms with Gasteiger partial charge in [-0.2, -0.15) is 11.8 Å². The zero-order valence-electron chi connectivity index (χ0n) is 9.59. The molecule has 0 spiro atoms. The van der Waals surface area contributed by atoms with Crippen LogP contribution in [0.2, 0.25) is 0 Å². The SMILES string of the molecule is CSCCN(C)CCCCNC1CC1. The Kier molecular flexibility index (Phi) is 6.65. The molecule has 0 unspecified atom stereocenters. The summed E-state index contributed by atoms with van der Waals surface area (Å²) in [6.07, 6.45) is 7.67. The van der Waals surface area contributed by atoms with Crippen LogP contribution in [-0.4, -0.2) is 49.6 Å².